The molecule has 1 nitrogen and oxygen atoms in total. The molecule has 2 aromatic rings. The number of nitrogens with zero attached hydrogens (tertiary/aromatic N) is 1. The summed E-state index contributed by atoms with van der Waals surface area (Å²) < 4.78 is 0. The van der Waals surface area contributed by atoms with Gasteiger partial charge in [0.15, 0.2) is 0 Å². The molecule has 0 saturated carbocycles. The SMILES string of the molecule is CC1(c2ccccc2)C=CC2=NC(c3cc[c]cc3)=CC2=C1. The van der Waals surface area contributed by atoms with Crippen LogP contribution in [0.4, 0.5) is 0 Å². The van der Waals surface area contributed by atoms with Gasteiger partial charge in [-0.15, -0.1) is 0 Å². The Morgan fingerprint density at radius 3 is 2.55 bits per heavy atom. The number of aliphatic imine (C=N–C) groups is 1. The van der Waals surface area contributed by atoms with Gasteiger partial charge >= 0.3 is 0 Å². The maximum absolute atomic E-state index is 4.75. The summed E-state index contributed by atoms with van der Waals surface area (Å²) in [5.74, 6) is 0. The van der Waals surface area contributed by atoms with Crippen LogP contribution in [0.3, 0.4) is 0 Å². The van der Waals surface area contributed by atoms with Crippen molar-refractivity contribution in [1.82, 2.24) is 0 Å². The van der Waals surface area contributed by atoms with Gasteiger partial charge in [-0.25, -0.2) is 4.99 Å². The summed E-state index contributed by atoms with van der Waals surface area (Å²) in [6, 6.07) is 21.6. The number of fused-ring (bicyclic) bond motifs is 1. The van der Waals surface area contributed by atoms with E-state index in [1.165, 1.54) is 11.1 Å². The predicted octanol–water partition coefficient (Wildman–Crippen LogP) is 4.74. The maximum Gasteiger partial charge on any atom is 0.0716 e. The van der Waals surface area contributed by atoms with E-state index in [4.69, 9.17) is 4.99 Å². The first-order valence-corrected chi connectivity index (χ1v) is 7.49. The summed E-state index contributed by atoms with van der Waals surface area (Å²) in [6.45, 7) is 2.24. The highest BCUT2D eigenvalue weighted by atomic mass is 14.8. The lowest BCUT2D eigenvalue weighted by molar-refractivity contribution is 0.752. The highest BCUT2D eigenvalue weighted by molar-refractivity contribution is 6.17. The van der Waals surface area contributed by atoms with Crippen molar-refractivity contribution in [1.29, 1.82) is 0 Å². The highest BCUT2D eigenvalue weighted by Gasteiger charge is 2.27. The monoisotopic (exact) mass is 282 g/mol. The van der Waals surface area contributed by atoms with E-state index in [-0.39, 0.29) is 5.41 Å². The van der Waals surface area contributed by atoms with Gasteiger partial charge in [0.05, 0.1) is 11.4 Å². The molecular formula is C21H16N. The number of benzene rings is 2. The van der Waals surface area contributed by atoms with Gasteiger partial charge in [-0.05, 0) is 36.3 Å². The molecule has 4 rings (SSSR count). The van der Waals surface area contributed by atoms with E-state index in [1.54, 1.807) is 0 Å². The van der Waals surface area contributed by atoms with E-state index in [2.05, 4.69) is 67.6 Å². The highest BCUT2D eigenvalue weighted by Crippen LogP contribution is 2.36. The smallest absolute Gasteiger partial charge is 0.0716 e. The lowest BCUT2D eigenvalue weighted by Crippen LogP contribution is -2.20. The third-order valence-electron chi connectivity index (χ3n) is 4.28. The Kier molecular flexibility index (Phi) is 2.93. The van der Waals surface area contributed by atoms with Crippen molar-refractivity contribution in [2.45, 2.75) is 12.3 Å². The maximum atomic E-state index is 4.75. The van der Waals surface area contributed by atoms with Gasteiger partial charge in [0.1, 0.15) is 0 Å². The summed E-state index contributed by atoms with van der Waals surface area (Å²) in [5.41, 5.74) is 5.64. The third-order valence-corrected chi connectivity index (χ3v) is 4.28. The van der Waals surface area contributed by atoms with E-state index in [9.17, 15) is 0 Å². The van der Waals surface area contributed by atoms with Gasteiger partial charge in [-0.3, -0.25) is 0 Å². The van der Waals surface area contributed by atoms with Gasteiger partial charge in [-0.2, -0.15) is 0 Å². The van der Waals surface area contributed by atoms with Crippen LogP contribution in [0.2, 0.25) is 0 Å². The Balaban J connectivity index is 1.75. The molecule has 2 aliphatic rings. The van der Waals surface area contributed by atoms with E-state index in [0.717, 1.165) is 17.0 Å². The zero-order chi connectivity index (χ0) is 15.0. The number of allylic oxidation sites excluding steroid dienone is 5. The fraction of sp³-hybridized carbons (Fsp3) is 0.0952. The van der Waals surface area contributed by atoms with Gasteiger partial charge in [0.25, 0.3) is 0 Å². The van der Waals surface area contributed by atoms with E-state index in [1.807, 2.05) is 24.3 Å². The topological polar surface area (TPSA) is 12.4 Å². The van der Waals surface area contributed by atoms with Crippen LogP contribution < -0.4 is 0 Å². The second kappa shape index (κ2) is 4.96. The van der Waals surface area contributed by atoms with Crippen LogP contribution in [-0.4, -0.2) is 5.71 Å². The van der Waals surface area contributed by atoms with Crippen molar-refractivity contribution in [2.75, 3.05) is 0 Å². The van der Waals surface area contributed by atoms with Crippen molar-refractivity contribution >= 4 is 11.4 Å². The van der Waals surface area contributed by atoms with Gasteiger partial charge < -0.3 is 0 Å². The number of rotatable bonds is 2. The zero-order valence-electron chi connectivity index (χ0n) is 12.5. The molecule has 2 aromatic carbocycles. The molecule has 1 atom stereocenters. The molecule has 0 saturated heterocycles. The van der Waals surface area contributed by atoms with Crippen molar-refractivity contribution in [3.8, 4) is 0 Å². The average Bonchev–Trinajstić information content (AvgIpc) is 2.99. The molecule has 0 N–H and O–H groups in total. The Hall–Kier alpha value is -2.67. The number of hydrogen-bond acceptors (Lipinski definition) is 1. The molecule has 1 heterocycles. The molecule has 0 spiro atoms. The summed E-state index contributed by atoms with van der Waals surface area (Å²) >= 11 is 0. The van der Waals surface area contributed by atoms with E-state index < -0.39 is 0 Å². The molecule has 22 heavy (non-hydrogen) atoms. The number of hydrogen-bond donors (Lipinski definition) is 0. The van der Waals surface area contributed by atoms with E-state index in [0.29, 0.717) is 0 Å². The second-order valence-corrected chi connectivity index (χ2v) is 5.90. The fourth-order valence-electron chi connectivity index (χ4n) is 3.00. The third kappa shape index (κ3) is 2.15. The van der Waals surface area contributed by atoms with E-state index >= 15 is 0 Å². The first kappa shape index (κ1) is 13.0. The Bertz CT molecular complexity index is 823. The van der Waals surface area contributed by atoms with Crippen molar-refractivity contribution in [3.63, 3.8) is 0 Å². The van der Waals surface area contributed by atoms with Crippen LogP contribution in [0.5, 0.6) is 0 Å². The molecule has 1 heteroatoms. The molecule has 1 aliphatic heterocycles. The van der Waals surface area contributed by atoms with Crippen LogP contribution in [-0.2, 0) is 5.41 Å². The minimum absolute atomic E-state index is 0.0774. The van der Waals surface area contributed by atoms with Crippen molar-refractivity contribution in [3.05, 3.63) is 102 Å². The average molecular weight is 282 g/mol. The van der Waals surface area contributed by atoms with Crippen molar-refractivity contribution < 1.29 is 0 Å². The molecule has 105 valence electrons. The van der Waals surface area contributed by atoms with Gasteiger partial charge in [-0.1, -0.05) is 66.7 Å². The first-order valence-electron chi connectivity index (χ1n) is 7.49. The largest absolute Gasteiger partial charge is 0.248 e. The van der Waals surface area contributed by atoms with Crippen LogP contribution in [0.15, 0.2) is 89.5 Å². The molecule has 0 aromatic heterocycles. The minimum atomic E-state index is -0.0774. The molecule has 1 unspecified atom stereocenters. The standard InChI is InChI=1S/C21H16N/c1-21(18-10-6-3-7-11-18)13-12-19-17(15-21)14-20(22-19)16-8-4-2-5-9-16/h3-15H,1H3. The second-order valence-electron chi connectivity index (χ2n) is 5.90. The zero-order valence-corrected chi connectivity index (χ0v) is 12.5. The van der Waals surface area contributed by atoms with Crippen LogP contribution in [0.25, 0.3) is 5.70 Å². The van der Waals surface area contributed by atoms with Gasteiger partial charge in [0.2, 0.25) is 0 Å². The lowest BCUT2D eigenvalue weighted by atomic mass is 9.77. The minimum Gasteiger partial charge on any atom is -0.248 e. The molecule has 0 fully saturated rings. The molecular weight excluding hydrogens is 266 g/mol. The van der Waals surface area contributed by atoms with Crippen molar-refractivity contribution in [2.24, 2.45) is 4.99 Å². The van der Waals surface area contributed by atoms with Gasteiger partial charge in [0, 0.05) is 11.0 Å². The normalized spacial score (nSPS) is 22.7. The predicted molar refractivity (Wildman–Crippen MR) is 91.7 cm³/mol. The summed E-state index contributed by atoms with van der Waals surface area (Å²) in [6.07, 6.45) is 8.86. The molecule has 1 radical (unpaired) electrons. The van der Waals surface area contributed by atoms with Crippen LogP contribution in [0, 0.1) is 6.07 Å². The lowest BCUT2D eigenvalue weighted by Gasteiger charge is -2.26. The summed E-state index contributed by atoms with van der Waals surface area (Å²) in [5, 5.41) is 0. The summed E-state index contributed by atoms with van der Waals surface area (Å²) in [4.78, 5) is 4.75. The molecule has 0 amide bonds. The quantitative estimate of drug-likeness (QED) is 0.754. The Labute approximate surface area is 131 Å². The Morgan fingerprint density at radius 1 is 1.00 bits per heavy atom. The molecule has 0 bridgehead atoms. The van der Waals surface area contributed by atoms with Crippen LogP contribution in [0.1, 0.15) is 18.1 Å². The summed E-state index contributed by atoms with van der Waals surface area (Å²) in [7, 11) is 0. The fourth-order valence-corrected chi connectivity index (χ4v) is 3.00. The first-order chi connectivity index (χ1) is 10.7. The van der Waals surface area contributed by atoms with Crippen LogP contribution >= 0.6 is 0 Å². The Morgan fingerprint density at radius 2 is 1.77 bits per heavy atom. The molecule has 1 aliphatic carbocycles.